The molecule has 0 spiro atoms. The average Bonchev–Trinajstić information content (AvgIpc) is 1.96. The summed E-state index contributed by atoms with van der Waals surface area (Å²) >= 11 is 0. The van der Waals surface area contributed by atoms with Crippen LogP contribution in [0.5, 0.6) is 0 Å². The van der Waals surface area contributed by atoms with E-state index in [9.17, 15) is 8.78 Å². The highest BCUT2D eigenvalue weighted by Gasteiger charge is 2.11. The lowest BCUT2D eigenvalue weighted by molar-refractivity contribution is 0.560. The molecule has 62 valence electrons. The van der Waals surface area contributed by atoms with E-state index in [2.05, 4.69) is 4.85 Å². The molecule has 0 aliphatic heterocycles. The molecule has 0 fully saturated rings. The first kappa shape index (κ1) is 8.66. The molecule has 0 aliphatic carbocycles. The Morgan fingerprint density at radius 1 is 1.33 bits per heavy atom. The van der Waals surface area contributed by atoms with E-state index in [1.165, 1.54) is 12.1 Å². The van der Waals surface area contributed by atoms with Crippen LogP contribution in [0.1, 0.15) is 11.1 Å². The highest BCUT2D eigenvalue weighted by atomic mass is 19.1. The summed E-state index contributed by atoms with van der Waals surface area (Å²) in [7, 11) is 0. The van der Waals surface area contributed by atoms with Gasteiger partial charge >= 0.3 is 0 Å². The number of aryl methyl sites for hydroxylation is 1. The van der Waals surface area contributed by atoms with Crippen molar-refractivity contribution in [2.45, 2.75) is 13.5 Å². The molecule has 0 aromatic heterocycles. The van der Waals surface area contributed by atoms with E-state index in [1.807, 2.05) is 0 Å². The van der Waals surface area contributed by atoms with Crippen molar-refractivity contribution in [3.63, 3.8) is 0 Å². The molecular formula is C9H7F2N. The predicted molar refractivity (Wildman–Crippen MR) is 41.4 cm³/mol. The van der Waals surface area contributed by atoms with Gasteiger partial charge in [0.1, 0.15) is 17.2 Å². The van der Waals surface area contributed by atoms with Crippen molar-refractivity contribution in [2.24, 2.45) is 0 Å². The molecule has 1 aromatic rings. The van der Waals surface area contributed by atoms with Gasteiger partial charge in [-0.3, -0.25) is 0 Å². The largest absolute Gasteiger partial charge is 0.312 e. The highest BCUT2D eigenvalue weighted by molar-refractivity contribution is 5.26. The zero-order chi connectivity index (χ0) is 9.14. The monoisotopic (exact) mass is 167 g/mol. The summed E-state index contributed by atoms with van der Waals surface area (Å²) in [6, 6.07) is 2.45. The van der Waals surface area contributed by atoms with E-state index < -0.39 is 11.6 Å². The van der Waals surface area contributed by atoms with Crippen LogP contribution in [0.15, 0.2) is 12.1 Å². The Morgan fingerprint density at radius 2 is 1.83 bits per heavy atom. The second-order valence-corrected chi connectivity index (χ2v) is 2.52. The second kappa shape index (κ2) is 3.31. The fraction of sp³-hybridized carbons (Fsp3) is 0.222. The van der Waals surface area contributed by atoms with Crippen LogP contribution in [0, 0.1) is 25.1 Å². The topological polar surface area (TPSA) is 4.36 Å². The van der Waals surface area contributed by atoms with Gasteiger partial charge < -0.3 is 4.85 Å². The Balaban J connectivity index is 3.21. The zero-order valence-electron chi connectivity index (χ0n) is 6.56. The first-order valence-electron chi connectivity index (χ1n) is 3.43. The number of halogens is 2. The summed E-state index contributed by atoms with van der Waals surface area (Å²) in [6.45, 7) is 7.85. The fourth-order valence-electron chi connectivity index (χ4n) is 0.960. The summed E-state index contributed by atoms with van der Waals surface area (Å²) in [5, 5.41) is 0. The summed E-state index contributed by atoms with van der Waals surface area (Å²) < 4.78 is 25.8. The molecule has 12 heavy (non-hydrogen) atoms. The highest BCUT2D eigenvalue weighted by Crippen LogP contribution is 2.15. The molecule has 0 bridgehead atoms. The Kier molecular flexibility index (Phi) is 2.39. The van der Waals surface area contributed by atoms with Gasteiger partial charge in [0.05, 0.1) is 0 Å². The van der Waals surface area contributed by atoms with Crippen LogP contribution in [0.4, 0.5) is 8.78 Å². The van der Waals surface area contributed by atoms with Crippen LogP contribution in [-0.2, 0) is 6.54 Å². The van der Waals surface area contributed by atoms with Crippen molar-refractivity contribution < 1.29 is 8.78 Å². The number of hydrogen-bond acceptors (Lipinski definition) is 0. The standard InChI is InChI=1S/C9H7F2N/c1-6-3-8(10)7(5-12-2)9(11)4-6/h3-4H,5H2,1H3. The number of nitrogens with zero attached hydrogens (tertiary/aromatic N) is 1. The van der Waals surface area contributed by atoms with E-state index >= 15 is 0 Å². The van der Waals surface area contributed by atoms with Crippen molar-refractivity contribution in [3.8, 4) is 0 Å². The van der Waals surface area contributed by atoms with E-state index in [4.69, 9.17) is 6.57 Å². The minimum absolute atomic E-state index is 0.143. The van der Waals surface area contributed by atoms with Gasteiger partial charge in [0.2, 0.25) is 6.54 Å². The number of rotatable bonds is 1. The molecule has 0 aliphatic rings. The van der Waals surface area contributed by atoms with Crippen molar-refractivity contribution in [3.05, 3.63) is 46.3 Å². The van der Waals surface area contributed by atoms with Gasteiger partial charge in [0.15, 0.2) is 0 Å². The first-order chi connectivity index (χ1) is 5.65. The molecule has 0 saturated carbocycles. The van der Waals surface area contributed by atoms with Crippen LogP contribution >= 0.6 is 0 Å². The first-order valence-corrected chi connectivity index (χ1v) is 3.43. The third-order valence-corrected chi connectivity index (χ3v) is 1.52. The molecule has 0 saturated heterocycles. The molecule has 1 nitrogen and oxygen atoms in total. The van der Waals surface area contributed by atoms with Crippen LogP contribution in [0.3, 0.4) is 0 Å². The van der Waals surface area contributed by atoms with E-state index in [-0.39, 0.29) is 12.1 Å². The smallest absolute Gasteiger partial charge is 0.245 e. The van der Waals surface area contributed by atoms with Gasteiger partial charge in [-0.1, -0.05) is 0 Å². The summed E-state index contributed by atoms with van der Waals surface area (Å²) in [5.74, 6) is -1.27. The van der Waals surface area contributed by atoms with E-state index in [1.54, 1.807) is 6.92 Å². The molecule has 0 unspecified atom stereocenters. The normalized spacial score (nSPS) is 9.50. The van der Waals surface area contributed by atoms with Crippen molar-refractivity contribution >= 4 is 0 Å². The fourth-order valence-corrected chi connectivity index (χ4v) is 0.960. The van der Waals surface area contributed by atoms with Gasteiger partial charge in [-0.05, 0) is 24.6 Å². The van der Waals surface area contributed by atoms with Crippen LogP contribution in [0.2, 0.25) is 0 Å². The summed E-state index contributed by atoms with van der Waals surface area (Å²) in [4.78, 5) is 2.93. The molecule has 3 heteroatoms. The second-order valence-electron chi connectivity index (χ2n) is 2.52. The van der Waals surface area contributed by atoms with Gasteiger partial charge in [0.25, 0.3) is 0 Å². The Labute approximate surface area is 69.5 Å². The summed E-state index contributed by atoms with van der Waals surface area (Å²) in [5.41, 5.74) is 0.384. The van der Waals surface area contributed by atoms with Gasteiger partial charge in [-0.25, -0.2) is 15.4 Å². The molecule has 0 N–H and O–H groups in total. The SMILES string of the molecule is [C-]#[N+]Cc1c(F)cc(C)cc1F. The van der Waals surface area contributed by atoms with Crippen molar-refractivity contribution in [1.29, 1.82) is 0 Å². The minimum atomic E-state index is -0.636. The molecule has 1 aromatic carbocycles. The maximum atomic E-state index is 12.9. The maximum Gasteiger partial charge on any atom is 0.245 e. The van der Waals surface area contributed by atoms with Crippen LogP contribution in [0.25, 0.3) is 4.85 Å². The molecule has 0 radical (unpaired) electrons. The molecule has 1 rings (SSSR count). The lowest BCUT2D eigenvalue weighted by Crippen LogP contribution is -1.94. The molecule has 0 atom stereocenters. The number of hydrogen-bond donors (Lipinski definition) is 0. The van der Waals surface area contributed by atoms with Gasteiger partial charge in [-0.15, -0.1) is 0 Å². The van der Waals surface area contributed by atoms with Crippen molar-refractivity contribution in [2.75, 3.05) is 0 Å². The molecular weight excluding hydrogens is 160 g/mol. The van der Waals surface area contributed by atoms with Gasteiger partial charge in [0, 0.05) is 0 Å². The van der Waals surface area contributed by atoms with Gasteiger partial charge in [-0.2, -0.15) is 0 Å². The lowest BCUT2D eigenvalue weighted by atomic mass is 10.1. The average molecular weight is 167 g/mol. The third kappa shape index (κ3) is 1.59. The van der Waals surface area contributed by atoms with Crippen LogP contribution in [-0.4, -0.2) is 0 Å². The Bertz CT molecular complexity index is 316. The maximum absolute atomic E-state index is 12.9. The quantitative estimate of drug-likeness (QED) is 0.566. The number of benzene rings is 1. The molecule has 0 heterocycles. The lowest BCUT2D eigenvalue weighted by Gasteiger charge is -1.99. The van der Waals surface area contributed by atoms with E-state index in [0.29, 0.717) is 5.56 Å². The van der Waals surface area contributed by atoms with Crippen LogP contribution < -0.4 is 0 Å². The van der Waals surface area contributed by atoms with Crippen molar-refractivity contribution in [1.82, 2.24) is 0 Å². The predicted octanol–water partition coefficient (Wildman–Crippen LogP) is 2.69. The summed E-state index contributed by atoms with van der Waals surface area (Å²) in [6.07, 6.45) is 0. The zero-order valence-corrected chi connectivity index (χ0v) is 6.56. The molecule has 0 amide bonds. The Hall–Kier alpha value is -1.43. The minimum Gasteiger partial charge on any atom is -0.312 e. The van der Waals surface area contributed by atoms with E-state index in [0.717, 1.165) is 0 Å². The third-order valence-electron chi connectivity index (χ3n) is 1.52. The Morgan fingerprint density at radius 3 is 2.25 bits per heavy atom.